The number of benzene rings is 3. The Hall–Kier alpha value is -4.47. The molecule has 0 spiro atoms. The lowest BCUT2D eigenvalue weighted by molar-refractivity contribution is -0.145. The van der Waals surface area contributed by atoms with Crippen LogP contribution < -0.4 is 10.6 Å². The van der Waals surface area contributed by atoms with E-state index in [4.69, 9.17) is 21.1 Å². The van der Waals surface area contributed by atoms with Crippen molar-refractivity contribution in [3.63, 3.8) is 0 Å². The minimum absolute atomic E-state index is 0.00319. The zero-order chi connectivity index (χ0) is 31.5. The minimum atomic E-state index is -0.955. The fraction of sp³-hybridized carbons (Fsp3) is 0.294. The lowest BCUT2D eigenvalue weighted by Gasteiger charge is -2.18. The van der Waals surface area contributed by atoms with Crippen molar-refractivity contribution in [3.8, 4) is 0 Å². The van der Waals surface area contributed by atoms with E-state index >= 15 is 0 Å². The van der Waals surface area contributed by atoms with Gasteiger partial charge in [0.25, 0.3) is 5.91 Å². The van der Waals surface area contributed by atoms with E-state index in [1.807, 2.05) is 54.6 Å². The van der Waals surface area contributed by atoms with E-state index in [0.29, 0.717) is 48.7 Å². The highest BCUT2D eigenvalue weighted by molar-refractivity contribution is 6.30. The van der Waals surface area contributed by atoms with Crippen molar-refractivity contribution in [2.45, 2.75) is 39.0 Å². The van der Waals surface area contributed by atoms with E-state index < -0.39 is 12.1 Å². The molecule has 10 heteroatoms. The number of carbonyl (C=O) groups is 4. The summed E-state index contributed by atoms with van der Waals surface area (Å²) in [6, 6.07) is 19.7. The highest BCUT2D eigenvalue weighted by atomic mass is 35.5. The van der Waals surface area contributed by atoms with Crippen LogP contribution in [-0.4, -0.2) is 61.4 Å². The summed E-state index contributed by atoms with van der Waals surface area (Å²) < 4.78 is 10.2. The number of nitrogens with one attached hydrogen (secondary N) is 2. The van der Waals surface area contributed by atoms with Crippen LogP contribution in [0, 0.1) is 0 Å². The molecule has 1 aliphatic rings. The fourth-order valence-corrected chi connectivity index (χ4v) is 4.93. The second-order valence-corrected chi connectivity index (χ2v) is 10.8. The molecule has 3 aromatic rings. The van der Waals surface area contributed by atoms with Gasteiger partial charge < -0.3 is 25.0 Å². The predicted octanol–water partition coefficient (Wildman–Crippen LogP) is 4.97. The van der Waals surface area contributed by atoms with Gasteiger partial charge in [0, 0.05) is 54.4 Å². The van der Waals surface area contributed by atoms with Gasteiger partial charge in [-0.05, 0) is 72.5 Å². The molecule has 0 bridgehead atoms. The molecule has 0 fully saturated rings. The van der Waals surface area contributed by atoms with E-state index in [0.717, 1.165) is 22.4 Å². The summed E-state index contributed by atoms with van der Waals surface area (Å²) in [4.78, 5) is 51.5. The molecule has 1 amide bonds. The smallest absolute Gasteiger partial charge is 0.320 e. The number of hydrogen-bond acceptors (Lipinski definition) is 8. The van der Waals surface area contributed by atoms with Gasteiger partial charge in [-0.2, -0.15) is 0 Å². The number of Topliss-reactive ketones (excluding diaryl/α,β-unsaturated/α-hetero) is 1. The van der Waals surface area contributed by atoms with Gasteiger partial charge in [0.05, 0.1) is 13.7 Å². The first-order valence-corrected chi connectivity index (χ1v) is 14.8. The zero-order valence-corrected chi connectivity index (χ0v) is 25.6. The van der Waals surface area contributed by atoms with Gasteiger partial charge in [-0.25, -0.2) is 0 Å². The van der Waals surface area contributed by atoms with E-state index in [9.17, 15) is 19.2 Å². The first-order valence-electron chi connectivity index (χ1n) is 14.4. The van der Waals surface area contributed by atoms with Crippen molar-refractivity contribution in [1.82, 2.24) is 10.2 Å². The second kappa shape index (κ2) is 15.8. The Morgan fingerprint density at radius 1 is 0.886 bits per heavy atom. The predicted molar refractivity (Wildman–Crippen MR) is 169 cm³/mol. The van der Waals surface area contributed by atoms with Crippen LogP contribution in [0.15, 0.2) is 78.9 Å². The molecule has 0 saturated heterocycles. The molecule has 1 unspecified atom stereocenters. The van der Waals surface area contributed by atoms with Gasteiger partial charge in [-0.3, -0.25) is 19.2 Å². The highest BCUT2D eigenvalue weighted by Gasteiger charge is 2.20. The van der Waals surface area contributed by atoms with E-state index in [2.05, 4.69) is 10.6 Å². The molecule has 0 aromatic heterocycles. The first-order chi connectivity index (χ1) is 21.2. The van der Waals surface area contributed by atoms with Gasteiger partial charge >= 0.3 is 11.9 Å². The van der Waals surface area contributed by atoms with Crippen LogP contribution in [0.3, 0.4) is 0 Å². The number of aryl methyl sites for hydroxylation is 1. The van der Waals surface area contributed by atoms with Crippen molar-refractivity contribution in [2.75, 3.05) is 32.1 Å². The normalized spacial score (nSPS) is 12.9. The topological polar surface area (TPSA) is 114 Å². The number of rotatable bonds is 14. The summed E-state index contributed by atoms with van der Waals surface area (Å²) in [6.45, 7) is 3.48. The third-order valence-electron chi connectivity index (χ3n) is 7.27. The second-order valence-electron chi connectivity index (χ2n) is 10.4. The number of hydrogen-bond donors (Lipinski definition) is 2. The quantitative estimate of drug-likeness (QED) is 0.148. The number of anilines is 1. The van der Waals surface area contributed by atoms with Crippen LogP contribution in [0.25, 0.3) is 0 Å². The molecule has 3 aromatic carbocycles. The van der Waals surface area contributed by atoms with E-state index in [1.54, 1.807) is 29.2 Å². The van der Waals surface area contributed by atoms with Crippen LogP contribution in [0.5, 0.6) is 0 Å². The fourth-order valence-electron chi connectivity index (χ4n) is 4.80. The third kappa shape index (κ3) is 9.02. The standard InChI is InChI=1S/C34H36ClN3O6/c1-23(33(41)26-12-15-28(35)16-13-26)44-32(40)22-36-21-29-25(14-17-31(39)43-2)6-5-7-30(29)37-20-24-8-10-27(11-9-24)34(42)38-18-3-4-19-38/h3-13,15-16,23,36-37H,14,17-22H2,1-2H3. The summed E-state index contributed by atoms with van der Waals surface area (Å²) in [6.07, 6.45) is 3.67. The number of carbonyl (C=O) groups excluding carboxylic acids is 4. The first kappa shape index (κ1) is 32.4. The van der Waals surface area contributed by atoms with Crippen LogP contribution >= 0.6 is 11.6 Å². The average Bonchev–Trinajstić information content (AvgIpc) is 3.58. The number of ketones is 1. The summed E-state index contributed by atoms with van der Waals surface area (Å²) in [5.74, 6) is -1.20. The summed E-state index contributed by atoms with van der Waals surface area (Å²) in [7, 11) is 1.36. The van der Waals surface area contributed by atoms with Crippen molar-refractivity contribution in [1.29, 1.82) is 0 Å². The van der Waals surface area contributed by atoms with Crippen molar-refractivity contribution < 1.29 is 28.7 Å². The lowest BCUT2D eigenvalue weighted by Crippen LogP contribution is -2.31. The van der Waals surface area contributed by atoms with Crippen LogP contribution in [0.4, 0.5) is 5.69 Å². The van der Waals surface area contributed by atoms with Gasteiger partial charge in [0.1, 0.15) is 0 Å². The maximum atomic E-state index is 12.6. The number of ether oxygens (including phenoxy) is 2. The number of amides is 1. The maximum absolute atomic E-state index is 12.6. The molecule has 230 valence electrons. The number of methoxy groups -OCH3 is 1. The summed E-state index contributed by atoms with van der Waals surface area (Å²) >= 11 is 5.89. The molecule has 0 radical (unpaired) electrons. The Morgan fingerprint density at radius 2 is 1.57 bits per heavy atom. The van der Waals surface area contributed by atoms with Crippen molar-refractivity contribution in [2.24, 2.45) is 0 Å². The molecule has 0 saturated carbocycles. The number of nitrogens with zero attached hydrogens (tertiary/aromatic N) is 1. The monoisotopic (exact) mass is 617 g/mol. The van der Waals surface area contributed by atoms with E-state index in [-0.39, 0.29) is 30.6 Å². The molecule has 1 heterocycles. The molecule has 0 aliphatic carbocycles. The largest absolute Gasteiger partial charge is 0.469 e. The van der Waals surface area contributed by atoms with Crippen molar-refractivity contribution in [3.05, 3.63) is 112 Å². The number of halogens is 1. The van der Waals surface area contributed by atoms with Crippen LogP contribution in [0.2, 0.25) is 5.02 Å². The van der Waals surface area contributed by atoms with Gasteiger partial charge in [0.2, 0.25) is 5.78 Å². The van der Waals surface area contributed by atoms with Crippen molar-refractivity contribution >= 4 is 40.9 Å². The number of esters is 2. The SMILES string of the molecule is COC(=O)CCc1cccc(NCc2ccc(C(=O)N3CC=CC3)cc2)c1CNCC(=O)OC(C)C(=O)c1ccc(Cl)cc1. The molecule has 1 aliphatic heterocycles. The lowest BCUT2D eigenvalue weighted by atomic mass is 10.0. The zero-order valence-electron chi connectivity index (χ0n) is 24.8. The maximum Gasteiger partial charge on any atom is 0.320 e. The van der Waals surface area contributed by atoms with Crippen LogP contribution in [0.1, 0.15) is 50.8 Å². The third-order valence-corrected chi connectivity index (χ3v) is 7.52. The van der Waals surface area contributed by atoms with Gasteiger partial charge in [0.15, 0.2) is 6.10 Å². The van der Waals surface area contributed by atoms with Gasteiger partial charge in [-0.15, -0.1) is 0 Å². The summed E-state index contributed by atoms with van der Waals surface area (Å²) in [5.41, 5.74) is 4.69. The minimum Gasteiger partial charge on any atom is -0.469 e. The molecule has 44 heavy (non-hydrogen) atoms. The Kier molecular flexibility index (Phi) is 11.7. The molecular formula is C34H36ClN3O6. The van der Waals surface area contributed by atoms with Crippen LogP contribution in [-0.2, 0) is 38.6 Å². The van der Waals surface area contributed by atoms with E-state index in [1.165, 1.54) is 14.0 Å². The molecule has 9 nitrogen and oxygen atoms in total. The molecular weight excluding hydrogens is 582 g/mol. The Balaban J connectivity index is 1.37. The Labute approximate surface area is 262 Å². The Bertz CT molecular complexity index is 1500. The highest BCUT2D eigenvalue weighted by Crippen LogP contribution is 2.23. The molecule has 4 rings (SSSR count). The molecule has 2 N–H and O–H groups in total. The van der Waals surface area contributed by atoms with Gasteiger partial charge in [-0.1, -0.05) is 48.0 Å². The Morgan fingerprint density at radius 3 is 2.25 bits per heavy atom. The summed E-state index contributed by atoms with van der Waals surface area (Å²) in [5, 5.41) is 7.08. The average molecular weight is 618 g/mol. The molecule has 1 atom stereocenters.